The van der Waals surface area contributed by atoms with E-state index in [1.165, 1.54) is 0 Å². The number of hydrogen-bond donors (Lipinski definition) is 1. The maximum atomic E-state index is 14.4. The Morgan fingerprint density at radius 1 is 1.24 bits per heavy atom. The number of aryl methyl sites for hydroxylation is 1. The number of nitriles is 1. The molecule has 0 aliphatic carbocycles. The van der Waals surface area contributed by atoms with Crippen LogP contribution in [0.4, 0.5) is 14.6 Å². The third-order valence-electron chi connectivity index (χ3n) is 5.76. The fourth-order valence-corrected chi connectivity index (χ4v) is 4.22. The molecule has 0 unspecified atom stereocenters. The number of anilines is 1. The summed E-state index contributed by atoms with van der Waals surface area (Å²) >= 11 is 0. The largest absolute Gasteiger partial charge is 0.345 e. The van der Waals surface area contributed by atoms with Gasteiger partial charge >= 0.3 is 0 Å². The van der Waals surface area contributed by atoms with E-state index < -0.39 is 23.6 Å². The third-order valence-corrected chi connectivity index (χ3v) is 5.76. The SMILES string of the molecule is N#CCCc1ccnc(-c2cnc3ccc(N4C[C@@H](F)C[C@@H]4c4cc(F)c[nH]c4=O)nn23)c1. The Morgan fingerprint density at radius 3 is 2.97 bits per heavy atom. The lowest BCUT2D eigenvalue weighted by molar-refractivity contribution is 0.356. The number of hydrogen-bond acceptors (Lipinski definition) is 6. The topological polar surface area (TPSA) is 103 Å². The van der Waals surface area contributed by atoms with Gasteiger partial charge in [0.05, 0.1) is 30.5 Å². The first-order valence-electron chi connectivity index (χ1n) is 10.5. The highest BCUT2D eigenvalue weighted by atomic mass is 19.1. The average molecular weight is 447 g/mol. The number of aromatic amines is 1. The highest BCUT2D eigenvalue weighted by Gasteiger charge is 2.36. The molecule has 5 heterocycles. The van der Waals surface area contributed by atoms with Crippen LogP contribution in [-0.4, -0.2) is 37.3 Å². The molecule has 0 spiro atoms. The van der Waals surface area contributed by atoms with Crippen LogP contribution in [-0.2, 0) is 6.42 Å². The maximum absolute atomic E-state index is 14.4. The van der Waals surface area contributed by atoms with E-state index in [2.05, 4.69) is 26.1 Å². The first-order chi connectivity index (χ1) is 16.0. The minimum absolute atomic E-state index is 0.0328. The van der Waals surface area contributed by atoms with Gasteiger partial charge in [0, 0.05) is 30.8 Å². The molecule has 0 radical (unpaired) electrons. The molecule has 33 heavy (non-hydrogen) atoms. The van der Waals surface area contributed by atoms with Gasteiger partial charge in [-0.2, -0.15) is 5.26 Å². The van der Waals surface area contributed by atoms with Gasteiger partial charge in [-0.15, -0.1) is 5.10 Å². The lowest BCUT2D eigenvalue weighted by Crippen LogP contribution is -2.29. The molecule has 1 aliphatic heterocycles. The average Bonchev–Trinajstić information content (AvgIpc) is 3.42. The number of halogens is 2. The highest BCUT2D eigenvalue weighted by Crippen LogP contribution is 2.35. The standard InChI is InChI=1S/C23H19F2N7O/c24-15-9-17(23(33)29-11-15)19-10-16(25)13-31(19)22-4-3-21-28-12-20(32(21)30-22)18-8-14(2-1-6-26)5-7-27-18/h3-5,7-9,11-12,16,19H,1-2,10,13H2,(H,29,33)/t16-,19+/m0/s1. The van der Waals surface area contributed by atoms with Crippen molar-refractivity contribution in [1.29, 1.82) is 5.26 Å². The van der Waals surface area contributed by atoms with Crippen molar-refractivity contribution in [2.45, 2.75) is 31.5 Å². The number of rotatable bonds is 5. The molecule has 4 aromatic heterocycles. The van der Waals surface area contributed by atoms with Crippen LogP contribution >= 0.6 is 0 Å². The summed E-state index contributed by atoms with van der Waals surface area (Å²) in [5, 5.41) is 13.5. The Kier molecular flexibility index (Phi) is 5.30. The van der Waals surface area contributed by atoms with Gasteiger partial charge in [0.1, 0.15) is 23.5 Å². The second-order valence-electron chi connectivity index (χ2n) is 7.92. The molecule has 0 saturated carbocycles. The molecule has 1 N–H and O–H groups in total. The second-order valence-corrected chi connectivity index (χ2v) is 7.92. The summed E-state index contributed by atoms with van der Waals surface area (Å²) in [5.41, 5.74) is 2.54. The molecular weight excluding hydrogens is 428 g/mol. The minimum Gasteiger partial charge on any atom is -0.345 e. The van der Waals surface area contributed by atoms with Gasteiger partial charge in [-0.1, -0.05) is 0 Å². The fraction of sp³-hybridized carbons (Fsp3) is 0.261. The molecule has 166 valence electrons. The summed E-state index contributed by atoms with van der Waals surface area (Å²) in [6.45, 7) is 0.0328. The molecule has 4 aromatic rings. The van der Waals surface area contributed by atoms with Gasteiger partial charge in [-0.05, 0) is 42.3 Å². The van der Waals surface area contributed by atoms with Crippen molar-refractivity contribution in [2.24, 2.45) is 0 Å². The lowest BCUT2D eigenvalue weighted by Gasteiger charge is -2.25. The number of H-pyrrole nitrogens is 1. The van der Waals surface area contributed by atoms with Gasteiger partial charge in [-0.3, -0.25) is 9.78 Å². The van der Waals surface area contributed by atoms with Crippen LogP contribution in [0.15, 0.2) is 53.7 Å². The van der Waals surface area contributed by atoms with Crippen molar-refractivity contribution < 1.29 is 8.78 Å². The van der Waals surface area contributed by atoms with Crippen molar-refractivity contribution in [1.82, 2.24) is 24.6 Å². The number of fused-ring (bicyclic) bond motifs is 1. The zero-order chi connectivity index (χ0) is 22.9. The number of aromatic nitrogens is 5. The van der Waals surface area contributed by atoms with Gasteiger partial charge in [0.15, 0.2) is 5.65 Å². The van der Waals surface area contributed by atoms with E-state index in [1.54, 1.807) is 33.9 Å². The first kappa shape index (κ1) is 20.8. The molecule has 1 fully saturated rings. The Morgan fingerprint density at radius 2 is 2.12 bits per heavy atom. The van der Waals surface area contributed by atoms with Crippen LogP contribution in [0.25, 0.3) is 17.0 Å². The molecule has 8 nitrogen and oxygen atoms in total. The van der Waals surface area contributed by atoms with E-state index in [0.29, 0.717) is 35.7 Å². The predicted octanol–water partition coefficient (Wildman–Crippen LogP) is 3.36. The Labute approximate surface area is 187 Å². The summed E-state index contributed by atoms with van der Waals surface area (Å²) in [4.78, 5) is 25.2. The quantitative estimate of drug-likeness (QED) is 0.503. The van der Waals surface area contributed by atoms with Crippen LogP contribution in [0.5, 0.6) is 0 Å². The first-order valence-corrected chi connectivity index (χ1v) is 10.5. The molecule has 0 bridgehead atoms. The fourth-order valence-electron chi connectivity index (χ4n) is 4.22. The summed E-state index contributed by atoms with van der Waals surface area (Å²) in [5.74, 6) is -0.147. The minimum atomic E-state index is -1.18. The normalized spacial score (nSPS) is 18.0. The lowest BCUT2D eigenvalue weighted by atomic mass is 10.1. The van der Waals surface area contributed by atoms with E-state index >= 15 is 0 Å². The van der Waals surface area contributed by atoms with Crippen LogP contribution in [0, 0.1) is 17.1 Å². The Hall–Kier alpha value is -4.13. The maximum Gasteiger partial charge on any atom is 0.253 e. The van der Waals surface area contributed by atoms with Crippen LogP contribution in [0.2, 0.25) is 0 Å². The molecule has 2 atom stereocenters. The Balaban J connectivity index is 1.55. The van der Waals surface area contributed by atoms with Crippen molar-refractivity contribution in [3.8, 4) is 17.5 Å². The van der Waals surface area contributed by atoms with Crippen LogP contribution in [0.3, 0.4) is 0 Å². The zero-order valence-corrected chi connectivity index (χ0v) is 17.4. The predicted molar refractivity (Wildman–Crippen MR) is 117 cm³/mol. The van der Waals surface area contributed by atoms with Crippen molar-refractivity contribution >= 4 is 11.5 Å². The molecular formula is C23H19F2N7O. The van der Waals surface area contributed by atoms with Crippen LogP contribution < -0.4 is 10.5 Å². The van der Waals surface area contributed by atoms with E-state index in [0.717, 1.165) is 17.8 Å². The monoisotopic (exact) mass is 447 g/mol. The Bertz CT molecular complexity index is 1420. The molecule has 5 rings (SSSR count). The zero-order valence-electron chi connectivity index (χ0n) is 17.4. The summed E-state index contributed by atoms with van der Waals surface area (Å²) < 4.78 is 29.9. The number of nitrogens with zero attached hydrogens (tertiary/aromatic N) is 6. The van der Waals surface area contributed by atoms with Gasteiger partial charge < -0.3 is 9.88 Å². The van der Waals surface area contributed by atoms with E-state index in [1.807, 2.05) is 12.1 Å². The van der Waals surface area contributed by atoms with E-state index in [9.17, 15) is 13.6 Å². The smallest absolute Gasteiger partial charge is 0.253 e. The number of alkyl halides is 1. The second kappa shape index (κ2) is 8.43. The van der Waals surface area contributed by atoms with Crippen LogP contribution in [0.1, 0.15) is 30.0 Å². The van der Waals surface area contributed by atoms with Gasteiger partial charge in [0.2, 0.25) is 0 Å². The van der Waals surface area contributed by atoms with Crippen molar-refractivity contribution in [2.75, 3.05) is 11.4 Å². The summed E-state index contributed by atoms with van der Waals surface area (Å²) in [7, 11) is 0. The molecule has 1 aliphatic rings. The van der Waals surface area contributed by atoms with Gasteiger partial charge in [0.25, 0.3) is 5.56 Å². The molecule has 0 aromatic carbocycles. The molecule has 0 amide bonds. The number of nitrogens with one attached hydrogen (secondary N) is 1. The van der Waals surface area contributed by atoms with E-state index in [4.69, 9.17) is 5.26 Å². The molecule has 10 heteroatoms. The molecule has 1 saturated heterocycles. The van der Waals surface area contributed by atoms with Crippen molar-refractivity contribution in [3.63, 3.8) is 0 Å². The number of pyridine rings is 2. The summed E-state index contributed by atoms with van der Waals surface area (Å²) in [6, 6.07) is 9.84. The van der Waals surface area contributed by atoms with E-state index in [-0.39, 0.29) is 18.5 Å². The number of imidazole rings is 1. The van der Waals surface area contributed by atoms with Gasteiger partial charge in [-0.25, -0.2) is 18.3 Å². The summed E-state index contributed by atoms with van der Waals surface area (Å²) in [6.07, 6.45) is 4.19. The van der Waals surface area contributed by atoms with Crippen molar-refractivity contribution in [3.05, 3.63) is 76.2 Å². The third kappa shape index (κ3) is 3.93. The highest BCUT2D eigenvalue weighted by molar-refractivity contribution is 5.61.